The molecule has 2 aromatic rings. The second kappa shape index (κ2) is 8.72. The van der Waals surface area contributed by atoms with Crippen molar-refractivity contribution < 1.29 is 9.53 Å². The number of carbonyl (C=O) groups excluding carboxylic acids is 1. The second-order valence-corrected chi connectivity index (χ2v) is 5.60. The van der Waals surface area contributed by atoms with E-state index in [1.54, 1.807) is 37.4 Å². The topological polar surface area (TPSA) is 63.2 Å². The third kappa shape index (κ3) is 5.39. The summed E-state index contributed by atoms with van der Waals surface area (Å²) in [6.45, 7) is 1.45. The van der Waals surface area contributed by atoms with Crippen LogP contribution in [-0.4, -0.2) is 31.2 Å². The molecular weight excluding hydrogens is 337 g/mol. The molecule has 23 heavy (non-hydrogen) atoms. The zero-order chi connectivity index (χ0) is 16.7. The van der Waals surface area contributed by atoms with Crippen molar-refractivity contribution in [1.29, 1.82) is 0 Å². The first-order chi connectivity index (χ1) is 11.1. The fraction of sp³-hybridized carbons (Fsp3) is 0.250. The van der Waals surface area contributed by atoms with Crippen LogP contribution in [0.25, 0.3) is 0 Å². The number of benzene rings is 1. The lowest BCUT2D eigenvalue weighted by Gasteiger charge is -2.08. The molecule has 1 aromatic carbocycles. The van der Waals surface area contributed by atoms with Crippen LogP contribution in [0, 0.1) is 0 Å². The highest BCUT2D eigenvalue weighted by Crippen LogP contribution is 2.25. The minimum Gasteiger partial charge on any atom is -0.385 e. The highest BCUT2D eigenvalue weighted by atomic mass is 35.5. The van der Waals surface area contributed by atoms with Gasteiger partial charge < -0.3 is 15.4 Å². The van der Waals surface area contributed by atoms with Crippen LogP contribution >= 0.6 is 23.2 Å². The summed E-state index contributed by atoms with van der Waals surface area (Å²) in [5, 5.41) is 6.73. The maximum atomic E-state index is 12.2. The molecule has 122 valence electrons. The summed E-state index contributed by atoms with van der Waals surface area (Å²) >= 11 is 11.8. The van der Waals surface area contributed by atoms with Crippen LogP contribution in [-0.2, 0) is 4.74 Å². The number of ether oxygens (including phenoxy) is 1. The number of pyridine rings is 1. The molecular formula is C16H17Cl2N3O2. The molecule has 7 heteroatoms. The lowest BCUT2D eigenvalue weighted by molar-refractivity contribution is 0.102. The van der Waals surface area contributed by atoms with Crippen molar-refractivity contribution in [2.45, 2.75) is 6.42 Å². The lowest BCUT2D eigenvalue weighted by Crippen LogP contribution is -2.13. The first-order valence-electron chi connectivity index (χ1n) is 7.05. The molecule has 0 unspecified atom stereocenters. The molecule has 0 saturated heterocycles. The van der Waals surface area contributed by atoms with Crippen molar-refractivity contribution in [3.63, 3.8) is 0 Å². The second-order valence-electron chi connectivity index (χ2n) is 4.79. The van der Waals surface area contributed by atoms with Gasteiger partial charge in [-0.15, -0.1) is 0 Å². The Morgan fingerprint density at radius 3 is 2.70 bits per heavy atom. The van der Waals surface area contributed by atoms with Crippen LogP contribution in [0.2, 0.25) is 10.0 Å². The van der Waals surface area contributed by atoms with Gasteiger partial charge >= 0.3 is 0 Å². The van der Waals surface area contributed by atoms with Gasteiger partial charge in [0.1, 0.15) is 5.82 Å². The molecule has 1 heterocycles. The van der Waals surface area contributed by atoms with E-state index in [1.807, 2.05) is 0 Å². The fourth-order valence-corrected chi connectivity index (χ4v) is 2.14. The molecule has 2 rings (SSSR count). The average Bonchev–Trinajstić information content (AvgIpc) is 2.55. The third-order valence-electron chi connectivity index (χ3n) is 3.03. The van der Waals surface area contributed by atoms with Gasteiger partial charge in [-0.25, -0.2) is 4.98 Å². The van der Waals surface area contributed by atoms with Gasteiger partial charge in [0.15, 0.2) is 0 Å². The molecule has 2 N–H and O–H groups in total. The molecule has 0 aliphatic heterocycles. The Hall–Kier alpha value is -1.82. The van der Waals surface area contributed by atoms with Crippen LogP contribution in [0.1, 0.15) is 16.8 Å². The number of methoxy groups -OCH3 is 1. The number of nitrogens with one attached hydrogen (secondary N) is 2. The number of halogens is 2. The van der Waals surface area contributed by atoms with Crippen LogP contribution < -0.4 is 10.6 Å². The minimum absolute atomic E-state index is 0.262. The fourth-order valence-electron chi connectivity index (χ4n) is 1.84. The number of hydrogen-bond acceptors (Lipinski definition) is 4. The van der Waals surface area contributed by atoms with E-state index in [0.717, 1.165) is 13.0 Å². The lowest BCUT2D eigenvalue weighted by atomic mass is 10.2. The number of anilines is 2. The molecule has 0 fully saturated rings. The predicted octanol–water partition coefficient (Wildman–Crippen LogP) is 4.09. The molecule has 0 radical (unpaired) electrons. The molecule has 0 aliphatic rings. The van der Waals surface area contributed by atoms with E-state index in [9.17, 15) is 4.79 Å². The summed E-state index contributed by atoms with van der Waals surface area (Å²) < 4.78 is 4.97. The Balaban J connectivity index is 1.93. The maximum absolute atomic E-state index is 12.2. The van der Waals surface area contributed by atoms with Gasteiger partial charge in [-0.05, 0) is 36.8 Å². The number of carbonyl (C=O) groups is 1. The van der Waals surface area contributed by atoms with Crippen molar-refractivity contribution >= 4 is 40.6 Å². The number of nitrogens with zero attached hydrogens (tertiary/aromatic N) is 1. The van der Waals surface area contributed by atoms with Crippen LogP contribution in [0.4, 0.5) is 11.5 Å². The van der Waals surface area contributed by atoms with Gasteiger partial charge in [0.25, 0.3) is 5.91 Å². The maximum Gasteiger partial charge on any atom is 0.257 e. The van der Waals surface area contributed by atoms with Crippen molar-refractivity contribution in [1.82, 2.24) is 4.98 Å². The van der Waals surface area contributed by atoms with Crippen molar-refractivity contribution in [2.24, 2.45) is 0 Å². The summed E-state index contributed by atoms with van der Waals surface area (Å²) in [4.78, 5) is 16.4. The first-order valence-corrected chi connectivity index (χ1v) is 7.81. The van der Waals surface area contributed by atoms with Crippen LogP contribution in [0.5, 0.6) is 0 Å². The Morgan fingerprint density at radius 2 is 2.04 bits per heavy atom. The molecule has 1 amide bonds. The molecule has 0 atom stereocenters. The predicted molar refractivity (Wildman–Crippen MR) is 93.6 cm³/mol. The summed E-state index contributed by atoms with van der Waals surface area (Å²) in [5.41, 5.74) is 1.03. The Bertz CT molecular complexity index is 663. The van der Waals surface area contributed by atoms with Crippen molar-refractivity contribution in [3.05, 3.63) is 52.1 Å². The van der Waals surface area contributed by atoms with Crippen molar-refractivity contribution in [3.8, 4) is 0 Å². The SMILES string of the molecule is COCCCNc1ccc(C(=O)Nc2ccc(Cl)c(Cl)c2)cn1. The van der Waals surface area contributed by atoms with E-state index in [2.05, 4.69) is 15.6 Å². The van der Waals surface area contributed by atoms with Gasteiger partial charge in [0, 0.05) is 32.1 Å². The molecule has 1 aromatic heterocycles. The highest BCUT2D eigenvalue weighted by Gasteiger charge is 2.08. The van der Waals surface area contributed by atoms with Gasteiger partial charge in [-0.2, -0.15) is 0 Å². The number of hydrogen-bond donors (Lipinski definition) is 2. The molecule has 0 saturated carbocycles. The molecule has 0 bridgehead atoms. The van der Waals surface area contributed by atoms with Crippen LogP contribution in [0.3, 0.4) is 0 Å². The summed E-state index contributed by atoms with van der Waals surface area (Å²) in [6.07, 6.45) is 2.41. The van der Waals surface area contributed by atoms with E-state index in [-0.39, 0.29) is 5.91 Å². The Morgan fingerprint density at radius 1 is 1.22 bits per heavy atom. The highest BCUT2D eigenvalue weighted by molar-refractivity contribution is 6.42. The zero-order valence-corrected chi connectivity index (χ0v) is 14.1. The van der Waals surface area contributed by atoms with Gasteiger partial charge in [0.05, 0.1) is 15.6 Å². The zero-order valence-electron chi connectivity index (χ0n) is 12.6. The van der Waals surface area contributed by atoms with E-state index in [4.69, 9.17) is 27.9 Å². The van der Waals surface area contributed by atoms with E-state index >= 15 is 0 Å². The van der Waals surface area contributed by atoms with Gasteiger partial charge in [-0.3, -0.25) is 4.79 Å². The third-order valence-corrected chi connectivity index (χ3v) is 3.77. The molecule has 5 nitrogen and oxygen atoms in total. The summed E-state index contributed by atoms with van der Waals surface area (Å²) in [5.74, 6) is 0.453. The monoisotopic (exact) mass is 353 g/mol. The van der Waals surface area contributed by atoms with E-state index in [1.165, 1.54) is 6.20 Å². The standard InChI is InChI=1S/C16H17Cl2N3O2/c1-23-8-2-7-19-15-6-3-11(10-20-15)16(22)21-12-4-5-13(17)14(18)9-12/h3-6,9-10H,2,7-8H2,1H3,(H,19,20)(H,21,22). The quantitative estimate of drug-likeness (QED) is 0.735. The largest absolute Gasteiger partial charge is 0.385 e. The summed E-state index contributed by atoms with van der Waals surface area (Å²) in [6, 6.07) is 8.38. The molecule has 0 spiro atoms. The minimum atomic E-state index is -0.262. The normalized spacial score (nSPS) is 10.4. The van der Waals surface area contributed by atoms with E-state index in [0.29, 0.717) is 33.7 Å². The smallest absolute Gasteiger partial charge is 0.257 e. The Kier molecular flexibility index (Phi) is 6.65. The van der Waals surface area contributed by atoms with Gasteiger partial charge in [-0.1, -0.05) is 23.2 Å². The van der Waals surface area contributed by atoms with Crippen molar-refractivity contribution in [2.75, 3.05) is 30.9 Å². The Labute approximate surface area is 145 Å². The number of amides is 1. The first kappa shape index (κ1) is 17.5. The van der Waals surface area contributed by atoms with Crippen LogP contribution in [0.15, 0.2) is 36.5 Å². The molecule has 0 aliphatic carbocycles. The number of aromatic nitrogens is 1. The number of rotatable bonds is 7. The average molecular weight is 354 g/mol. The van der Waals surface area contributed by atoms with Gasteiger partial charge in [0.2, 0.25) is 0 Å². The summed E-state index contributed by atoms with van der Waals surface area (Å²) in [7, 11) is 1.67. The van der Waals surface area contributed by atoms with E-state index < -0.39 is 0 Å².